The first-order valence-electron chi connectivity index (χ1n) is 7.96. The number of benzene rings is 1. The minimum absolute atomic E-state index is 0.00841. The summed E-state index contributed by atoms with van der Waals surface area (Å²) in [5, 5.41) is 12.2. The molecule has 1 aliphatic rings. The fourth-order valence-corrected chi connectivity index (χ4v) is 3.43. The number of nitrogens with zero attached hydrogens (tertiary/aromatic N) is 1. The van der Waals surface area contributed by atoms with E-state index < -0.39 is 0 Å². The molecule has 2 amide bonds. The summed E-state index contributed by atoms with van der Waals surface area (Å²) in [6.45, 7) is 4.44. The van der Waals surface area contributed by atoms with E-state index in [9.17, 15) is 9.90 Å². The molecule has 22 heavy (non-hydrogen) atoms. The van der Waals surface area contributed by atoms with Crippen LogP contribution in [0.4, 0.5) is 4.79 Å². The lowest BCUT2D eigenvalue weighted by molar-refractivity contribution is 0.130. The Morgan fingerprint density at radius 2 is 2.18 bits per heavy atom. The second kappa shape index (κ2) is 9.06. The van der Waals surface area contributed by atoms with Crippen LogP contribution in [0.5, 0.6) is 0 Å². The minimum Gasteiger partial charge on any atom is -0.396 e. The van der Waals surface area contributed by atoms with Gasteiger partial charge < -0.3 is 15.3 Å². The van der Waals surface area contributed by atoms with Crippen LogP contribution in [0, 0.1) is 12.8 Å². The number of urea groups is 1. The van der Waals surface area contributed by atoms with Crippen molar-refractivity contribution < 1.29 is 9.90 Å². The normalized spacial score (nSPS) is 18.3. The molecule has 1 aromatic carbocycles. The molecule has 0 spiro atoms. The van der Waals surface area contributed by atoms with Crippen LogP contribution in [0.2, 0.25) is 0 Å². The second-order valence-corrected chi connectivity index (χ2v) is 7.01. The minimum atomic E-state index is 0.00841. The van der Waals surface area contributed by atoms with E-state index in [1.807, 2.05) is 16.7 Å². The summed E-state index contributed by atoms with van der Waals surface area (Å²) >= 11 is 1.83. The highest BCUT2D eigenvalue weighted by Gasteiger charge is 2.22. The largest absolute Gasteiger partial charge is 0.396 e. The SMILES string of the molecule is Cc1ccc(CSCCNC(=O)N2CCCC(CO)C2)cc1. The first kappa shape index (κ1) is 17.2. The second-order valence-electron chi connectivity index (χ2n) is 5.91. The van der Waals surface area contributed by atoms with Crippen LogP contribution in [0.3, 0.4) is 0 Å². The number of piperidine rings is 1. The molecule has 1 heterocycles. The number of carbonyl (C=O) groups excluding carboxylic acids is 1. The number of rotatable bonds is 6. The van der Waals surface area contributed by atoms with Gasteiger partial charge in [-0.15, -0.1) is 0 Å². The van der Waals surface area contributed by atoms with Crippen molar-refractivity contribution >= 4 is 17.8 Å². The molecule has 122 valence electrons. The number of hydrogen-bond acceptors (Lipinski definition) is 3. The van der Waals surface area contributed by atoms with Crippen molar-refractivity contribution in [2.75, 3.05) is 32.0 Å². The number of aliphatic hydroxyl groups excluding tert-OH is 1. The highest BCUT2D eigenvalue weighted by Crippen LogP contribution is 2.16. The van der Waals surface area contributed by atoms with Gasteiger partial charge in [-0.1, -0.05) is 29.8 Å². The average molecular weight is 322 g/mol. The Labute approximate surface area is 137 Å². The molecule has 0 aromatic heterocycles. The van der Waals surface area contributed by atoms with Crippen LogP contribution in [-0.2, 0) is 5.75 Å². The van der Waals surface area contributed by atoms with Gasteiger partial charge in [-0.25, -0.2) is 4.79 Å². The Morgan fingerprint density at radius 3 is 2.91 bits per heavy atom. The van der Waals surface area contributed by atoms with E-state index in [4.69, 9.17) is 0 Å². The van der Waals surface area contributed by atoms with Crippen molar-refractivity contribution in [2.24, 2.45) is 5.92 Å². The van der Waals surface area contributed by atoms with Crippen LogP contribution in [0.1, 0.15) is 24.0 Å². The standard InChI is InChI=1S/C17H26N2O2S/c1-14-4-6-15(7-5-14)13-22-10-8-18-17(21)19-9-2-3-16(11-19)12-20/h4-7,16,20H,2-3,8-13H2,1H3,(H,18,21). The van der Waals surface area contributed by atoms with Crippen molar-refractivity contribution in [2.45, 2.75) is 25.5 Å². The van der Waals surface area contributed by atoms with Crippen LogP contribution in [0.25, 0.3) is 0 Å². The number of thioether (sulfide) groups is 1. The smallest absolute Gasteiger partial charge is 0.317 e. The maximum Gasteiger partial charge on any atom is 0.317 e. The first-order valence-corrected chi connectivity index (χ1v) is 9.11. The summed E-state index contributed by atoms with van der Waals surface area (Å²) in [4.78, 5) is 13.9. The maximum absolute atomic E-state index is 12.1. The first-order chi connectivity index (χ1) is 10.7. The topological polar surface area (TPSA) is 52.6 Å². The molecule has 1 saturated heterocycles. The lowest BCUT2D eigenvalue weighted by atomic mass is 9.99. The van der Waals surface area contributed by atoms with Crippen molar-refractivity contribution in [3.05, 3.63) is 35.4 Å². The van der Waals surface area contributed by atoms with Crippen LogP contribution >= 0.6 is 11.8 Å². The van der Waals surface area contributed by atoms with Gasteiger partial charge in [0, 0.05) is 37.7 Å². The molecule has 2 rings (SSSR count). The molecule has 0 radical (unpaired) electrons. The Bertz CT molecular complexity index is 464. The third-order valence-electron chi connectivity index (χ3n) is 3.98. The fourth-order valence-electron chi connectivity index (χ4n) is 2.61. The number of aliphatic hydroxyl groups is 1. The quantitative estimate of drug-likeness (QED) is 0.792. The van der Waals surface area contributed by atoms with E-state index in [-0.39, 0.29) is 18.6 Å². The molecular weight excluding hydrogens is 296 g/mol. The van der Waals surface area contributed by atoms with Gasteiger partial charge in [-0.3, -0.25) is 0 Å². The van der Waals surface area contributed by atoms with Gasteiger partial charge in [0.1, 0.15) is 0 Å². The van der Waals surface area contributed by atoms with Crippen molar-refractivity contribution in [1.82, 2.24) is 10.2 Å². The molecule has 1 unspecified atom stereocenters. The Balaban J connectivity index is 1.60. The zero-order valence-corrected chi connectivity index (χ0v) is 14.1. The Kier molecular flexibility index (Phi) is 7.06. The Morgan fingerprint density at radius 1 is 1.41 bits per heavy atom. The van der Waals surface area contributed by atoms with Crippen molar-refractivity contribution in [1.29, 1.82) is 0 Å². The number of hydrogen-bond donors (Lipinski definition) is 2. The van der Waals surface area contributed by atoms with Gasteiger partial charge in [0.05, 0.1) is 0 Å². The predicted molar refractivity (Wildman–Crippen MR) is 92.1 cm³/mol. The summed E-state index contributed by atoms with van der Waals surface area (Å²) in [7, 11) is 0. The van der Waals surface area contributed by atoms with Gasteiger partial charge in [0.15, 0.2) is 0 Å². The number of likely N-dealkylation sites (tertiary alicyclic amines) is 1. The van der Waals surface area contributed by atoms with Gasteiger partial charge in [0.2, 0.25) is 0 Å². The average Bonchev–Trinajstić information content (AvgIpc) is 2.56. The molecule has 0 bridgehead atoms. The van der Waals surface area contributed by atoms with E-state index >= 15 is 0 Å². The van der Waals surface area contributed by atoms with Crippen LogP contribution in [-0.4, -0.2) is 48.0 Å². The van der Waals surface area contributed by atoms with E-state index in [1.165, 1.54) is 11.1 Å². The zero-order valence-electron chi connectivity index (χ0n) is 13.3. The van der Waals surface area contributed by atoms with Gasteiger partial charge in [0.25, 0.3) is 0 Å². The van der Waals surface area contributed by atoms with E-state index in [1.54, 1.807) is 0 Å². The number of carbonyl (C=O) groups is 1. The third kappa shape index (κ3) is 5.54. The molecule has 1 atom stereocenters. The van der Waals surface area contributed by atoms with Gasteiger partial charge >= 0.3 is 6.03 Å². The van der Waals surface area contributed by atoms with Crippen LogP contribution in [0.15, 0.2) is 24.3 Å². The molecule has 0 saturated carbocycles. The predicted octanol–water partition coefficient (Wildman–Crippen LogP) is 2.64. The number of amides is 2. The number of aryl methyl sites for hydroxylation is 1. The molecule has 2 N–H and O–H groups in total. The summed E-state index contributed by atoms with van der Waals surface area (Å²) in [5.41, 5.74) is 2.60. The molecule has 0 aliphatic carbocycles. The van der Waals surface area contributed by atoms with E-state index in [2.05, 4.69) is 36.5 Å². The molecule has 1 fully saturated rings. The third-order valence-corrected chi connectivity index (χ3v) is 5.01. The number of nitrogens with one attached hydrogen (secondary N) is 1. The zero-order chi connectivity index (χ0) is 15.8. The lowest BCUT2D eigenvalue weighted by Gasteiger charge is -2.31. The summed E-state index contributed by atoms with van der Waals surface area (Å²) in [6, 6.07) is 8.58. The van der Waals surface area contributed by atoms with E-state index in [0.29, 0.717) is 13.1 Å². The Hall–Kier alpha value is -1.20. The summed E-state index contributed by atoms with van der Waals surface area (Å²) < 4.78 is 0. The highest BCUT2D eigenvalue weighted by molar-refractivity contribution is 7.98. The highest BCUT2D eigenvalue weighted by atomic mass is 32.2. The maximum atomic E-state index is 12.1. The molecule has 1 aliphatic heterocycles. The van der Waals surface area contributed by atoms with Crippen molar-refractivity contribution in [3.8, 4) is 0 Å². The summed E-state index contributed by atoms with van der Waals surface area (Å²) in [6.07, 6.45) is 2.01. The van der Waals surface area contributed by atoms with Crippen molar-refractivity contribution in [3.63, 3.8) is 0 Å². The van der Waals surface area contributed by atoms with E-state index in [0.717, 1.165) is 30.9 Å². The molecule has 5 heteroatoms. The molecular formula is C17H26N2O2S. The monoisotopic (exact) mass is 322 g/mol. The van der Waals surface area contributed by atoms with Gasteiger partial charge in [-0.2, -0.15) is 11.8 Å². The summed E-state index contributed by atoms with van der Waals surface area (Å²) in [5.74, 6) is 2.14. The molecule has 1 aromatic rings. The lowest BCUT2D eigenvalue weighted by Crippen LogP contribution is -2.46. The van der Waals surface area contributed by atoms with Gasteiger partial charge in [-0.05, 0) is 31.2 Å². The van der Waals surface area contributed by atoms with Crippen LogP contribution < -0.4 is 5.32 Å². The molecule has 4 nitrogen and oxygen atoms in total. The fraction of sp³-hybridized carbons (Fsp3) is 0.588.